The van der Waals surface area contributed by atoms with Crippen molar-refractivity contribution in [2.24, 2.45) is 5.92 Å². The van der Waals surface area contributed by atoms with E-state index >= 15 is 0 Å². The smallest absolute Gasteiger partial charge is 0.152 e. The minimum absolute atomic E-state index is 0.0228. The molecule has 2 aromatic heterocycles. The summed E-state index contributed by atoms with van der Waals surface area (Å²) >= 11 is 6.19. The minimum atomic E-state index is -0.147. The van der Waals surface area contributed by atoms with Gasteiger partial charge in [-0.15, -0.1) is 0 Å². The van der Waals surface area contributed by atoms with Crippen molar-refractivity contribution < 1.29 is 9.84 Å². The lowest BCUT2D eigenvalue weighted by molar-refractivity contribution is 0.00257. The second kappa shape index (κ2) is 4.63. The van der Waals surface area contributed by atoms with Crippen LogP contribution < -0.4 is 5.73 Å². The number of nitrogens with zero attached hydrogens (tertiary/aromatic N) is 3. The van der Waals surface area contributed by atoms with E-state index in [2.05, 4.69) is 17.0 Å². The van der Waals surface area contributed by atoms with Crippen molar-refractivity contribution in [2.75, 3.05) is 12.3 Å². The number of hydrogen-bond acceptors (Lipinski definition) is 5. The number of aliphatic hydroxyl groups excluding tert-OH is 1. The molecule has 1 aliphatic rings. The molecule has 0 aromatic carbocycles. The number of halogens is 1. The van der Waals surface area contributed by atoms with E-state index in [1.165, 1.54) is 6.33 Å². The topological polar surface area (TPSA) is 85.7 Å². The van der Waals surface area contributed by atoms with Gasteiger partial charge in [0.05, 0.1) is 23.4 Å². The molecule has 0 unspecified atom stereocenters. The lowest BCUT2D eigenvalue weighted by Crippen LogP contribution is -2.12. The molecule has 0 spiro atoms. The Balaban J connectivity index is 2.09. The van der Waals surface area contributed by atoms with Gasteiger partial charge in [-0.25, -0.2) is 9.50 Å². The molecule has 0 aliphatic carbocycles. The molecule has 3 atom stereocenters. The molecule has 1 fully saturated rings. The molecule has 0 radical (unpaired) electrons. The molecule has 1 aliphatic heterocycles. The Labute approximate surface area is 115 Å². The van der Waals surface area contributed by atoms with Gasteiger partial charge in [0.1, 0.15) is 17.9 Å². The van der Waals surface area contributed by atoms with E-state index in [1.807, 2.05) is 6.07 Å². The van der Waals surface area contributed by atoms with Crippen LogP contribution in [0, 0.1) is 5.92 Å². The Morgan fingerprint density at radius 3 is 3.11 bits per heavy atom. The Bertz CT molecular complexity index is 615. The standard InChI is InChI=1S/C12H15ClN4O2/c1-6-2-7(4-18)19-11(6)9-3-8(13)10-12(14)15-5-16-17(9)10/h3,5-7,11,18H,2,4H2,1H3,(H2,14,15,16)/t6-,7-,11+/m0/s1. The van der Waals surface area contributed by atoms with E-state index in [0.717, 1.165) is 12.1 Å². The summed E-state index contributed by atoms with van der Waals surface area (Å²) in [5.41, 5.74) is 7.26. The molecule has 6 nitrogen and oxygen atoms in total. The van der Waals surface area contributed by atoms with Crippen molar-refractivity contribution in [1.82, 2.24) is 14.6 Å². The van der Waals surface area contributed by atoms with Crippen molar-refractivity contribution in [3.63, 3.8) is 0 Å². The fourth-order valence-corrected chi connectivity index (χ4v) is 2.95. The SMILES string of the molecule is C[C@H]1C[C@@H](CO)O[C@H]1c1cc(Cl)c2c(N)ncnn12. The third kappa shape index (κ3) is 1.96. The van der Waals surface area contributed by atoms with Gasteiger partial charge in [-0.05, 0) is 18.4 Å². The van der Waals surface area contributed by atoms with Crippen LogP contribution in [0.25, 0.3) is 5.52 Å². The van der Waals surface area contributed by atoms with E-state index in [9.17, 15) is 5.11 Å². The molecular formula is C12H15ClN4O2. The first-order valence-corrected chi connectivity index (χ1v) is 6.53. The van der Waals surface area contributed by atoms with Gasteiger partial charge in [0.15, 0.2) is 5.82 Å². The maximum absolute atomic E-state index is 9.21. The first-order chi connectivity index (χ1) is 9.11. The summed E-state index contributed by atoms with van der Waals surface area (Å²) in [5, 5.41) is 13.9. The van der Waals surface area contributed by atoms with Gasteiger partial charge in [0.2, 0.25) is 0 Å². The summed E-state index contributed by atoms with van der Waals surface area (Å²) < 4.78 is 7.51. The van der Waals surface area contributed by atoms with E-state index in [1.54, 1.807) is 4.52 Å². The molecule has 3 rings (SSSR count). The number of anilines is 1. The van der Waals surface area contributed by atoms with Crippen LogP contribution in [-0.2, 0) is 4.74 Å². The molecule has 0 saturated carbocycles. The molecule has 2 aromatic rings. The Morgan fingerprint density at radius 2 is 2.42 bits per heavy atom. The van der Waals surface area contributed by atoms with Gasteiger partial charge in [-0.3, -0.25) is 0 Å². The van der Waals surface area contributed by atoms with Crippen molar-refractivity contribution >= 4 is 22.9 Å². The second-order valence-corrected chi connectivity index (χ2v) is 5.30. The molecule has 102 valence electrons. The van der Waals surface area contributed by atoms with Crippen LogP contribution in [0.1, 0.15) is 25.1 Å². The molecule has 3 heterocycles. The summed E-state index contributed by atoms with van der Waals surface area (Å²) in [6, 6.07) is 1.81. The van der Waals surface area contributed by atoms with Crippen molar-refractivity contribution in [1.29, 1.82) is 0 Å². The van der Waals surface area contributed by atoms with Crippen molar-refractivity contribution in [3.05, 3.63) is 23.1 Å². The van der Waals surface area contributed by atoms with Crippen LogP contribution in [-0.4, -0.2) is 32.4 Å². The first-order valence-electron chi connectivity index (χ1n) is 6.15. The summed E-state index contributed by atoms with van der Waals surface area (Å²) in [5.74, 6) is 0.623. The maximum atomic E-state index is 9.21. The number of nitrogen functional groups attached to an aromatic ring is 1. The Hall–Kier alpha value is -1.37. The zero-order chi connectivity index (χ0) is 13.6. The Kier molecular flexibility index (Phi) is 3.08. The number of aromatic nitrogens is 3. The van der Waals surface area contributed by atoms with Gasteiger partial charge in [-0.1, -0.05) is 18.5 Å². The molecule has 19 heavy (non-hydrogen) atoms. The van der Waals surface area contributed by atoms with Crippen LogP contribution in [0.15, 0.2) is 12.4 Å². The average molecular weight is 283 g/mol. The summed E-state index contributed by atoms with van der Waals surface area (Å²) in [4.78, 5) is 3.94. The van der Waals surface area contributed by atoms with E-state index in [-0.39, 0.29) is 24.7 Å². The largest absolute Gasteiger partial charge is 0.394 e. The van der Waals surface area contributed by atoms with Crippen molar-refractivity contribution in [3.8, 4) is 0 Å². The molecular weight excluding hydrogens is 268 g/mol. The summed E-state index contributed by atoms with van der Waals surface area (Å²) in [6.45, 7) is 2.10. The summed E-state index contributed by atoms with van der Waals surface area (Å²) in [7, 11) is 0. The Morgan fingerprint density at radius 1 is 1.63 bits per heavy atom. The zero-order valence-corrected chi connectivity index (χ0v) is 11.2. The van der Waals surface area contributed by atoms with Crippen LogP contribution in [0.2, 0.25) is 5.02 Å². The highest BCUT2D eigenvalue weighted by Crippen LogP contribution is 2.40. The van der Waals surface area contributed by atoms with Gasteiger partial charge in [0.25, 0.3) is 0 Å². The molecule has 0 bridgehead atoms. The fraction of sp³-hybridized carbons (Fsp3) is 0.500. The normalized spacial score (nSPS) is 27.2. The predicted octanol–water partition coefficient (Wildman–Crippen LogP) is 1.42. The van der Waals surface area contributed by atoms with Crippen LogP contribution in [0.4, 0.5) is 5.82 Å². The van der Waals surface area contributed by atoms with Gasteiger partial charge in [0, 0.05) is 0 Å². The van der Waals surface area contributed by atoms with E-state index in [4.69, 9.17) is 22.1 Å². The van der Waals surface area contributed by atoms with Gasteiger partial charge >= 0.3 is 0 Å². The molecule has 7 heteroatoms. The number of rotatable bonds is 2. The molecule has 3 N–H and O–H groups in total. The average Bonchev–Trinajstić information content (AvgIpc) is 2.91. The number of aliphatic hydroxyl groups is 1. The highest BCUT2D eigenvalue weighted by molar-refractivity contribution is 6.34. The van der Waals surface area contributed by atoms with E-state index < -0.39 is 0 Å². The van der Waals surface area contributed by atoms with E-state index in [0.29, 0.717) is 16.4 Å². The molecule has 1 saturated heterocycles. The lowest BCUT2D eigenvalue weighted by atomic mass is 10.00. The first kappa shape index (κ1) is 12.7. The van der Waals surface area contributed by atoms with Crippen LogP contribution >= 0.6 is 11.6 Å². The quantitative estimate of drug-likeness (QED) is 0.870. The number of fused-ring (bicyclic) bond motifs is 1. The molecule has 0 amide bonds. The number of nitrogens with two attached hydrogens (primary N) is 1. The maximum Gasteiger partial charge on any atom is 0.152 e. The minimum Gasteiger partial charge on any atom is -0.394 e. The van der Waals surface area contributed by atoms with Gasteiger partial charge in [-0.2, -0.15) is 5.10 Å². The highest BCUT2D eigenvalue weighted by atomic mass is 35.5. The number of hydrogen-bond donors (Lipinski definition) is 2. The lowest BCUT2D eigenvalue weighted by Gasteiger charge is -2.14. The zero-order valence-electron chi connectivity index (χ0n) is 10.5. The third-order valence-electron chi connectivity index (χ3n) is 3.55. The summed E-state index contributed by atoms with van der Waals surface area (Å²) in [6.07, 6.45) is 1.92. The monoisotopic (exact) mass is 282 g/mol. The van der Waals surface area contributed by atoms with Gasteiger partial charge < -0.3 is 15.6 Å². The number of ether oxygens (including phenoxy) is 1. The third-order valence-corrected chi connectivity index (χ3v) is 3.84. The van der Waals surface area contributed by atoms with Crippen molar-refractivity contribution in [2.45, 2.75) is 25.6 Å². The fourth-order valence-electron chi connectivity index (χ4n) is 2.66. The highest BCUT2D eigenvalue weighted by Gasteiger charge is 2.35. The van der Waals surface area contributed by atoms with Crippen LogP contribution in [0.5, 0.6) is 0 Å². The predicted molar refractivity (Wildman–Crippen MR) is 70.9 cm³/mol. The van der Waals surface area contributed by atoms with Crippen LogP contribution in [0.3, 0.4) is 0 Å². The second-order valence-electron chi connectivity index (χ2n) is 4.90.